The van der Waals surface area contributed by atoms with Gasteiger partial charge in [-0.1, -0.05) is 12.1 Å². The molecule has 0 saturated carbocycles. The first kappa shape index (κ1) is 21.1. The zero-order valence-corrected chi connectivity index (χ0v) is 17.7. The second kappa shape index (κ2) is 8.54. The summed E-state index contributed by atoms with van der Waals surface area (Å²) in [5.74, 6) is 0.355. The maximum atomic E-state index is 13.1. The van der Waals surface area contributed by atoms with Crippen molar-refractivity contribution in [1.82, 2.24) is 9.97 Å². The van der Waals surface area contributed by atoms with Crippen LogP contribution in [0.4, 0.5) is 35.2 Å². The molecular weight excluding hydrogens is 475 g/mol. The average Bonchev–Trinajstić information content (AvgIpc) is 2.95. The van der Waals surface area contributed by atoms with Gasteiger partial charge in [-0.2, -0.15) is 13.2 Å². The molecule has 0 bridgehead atoms. The number of fused-ring (bicyclic) bond motifs is 1. The molecular formula is C21H17BrF3N5O. The van der Waals surface area contributed by atoms with Gasteiger partial charge in [0.15, 0.2) is 5.82 Å². The number of amides is 2. The van der Waals surface area contributed by atoms with Crippen molar-refractivity contribution in [3.63, 3.8) is 0 Å². The Morgan fingerprint density at radius 3 is 2.77 bits per heavy atom. The molecule has 160 valence electrons. The highest BCUT2D eigenvalue weighted by Gasteiger charge is 2.31. The first-order valence-electron chi connectivity index (χ1n) is 9.43. The van der Waals surface area contributed by atoms with E-state index in [-0.39, 0.29) is 0 Å². The topological polar surface area (TPSA) is 70.2 Å². The smallest absolute Gasteiger partial charge is 0.382 e. The molecule has 0 fully saturated rings. The number of alkyl halides is 3. The molecule has 0 spiro atoms. The van der Waals surface area contributed by atoms with Gasteiger partial charge in [-0.25, -0.2) is 9.78 Å². The summed E-state index contributed by atoms with van der Waals surface area (Å²) in [5, 5.41) is 6.00. The maximum absolute atomic E-state index is 13.1. The van der Waals surface area contributed by atoms with Gasteiger partial charge in [0, 0.05) is 29.3 Å². The van der Waals surface area contributed by atoms with Crippen molar-refractivity contribution < 1.29 is 18.0 Å². The summed E-state index contributed by atoms with van der Waals surface area (Å²) in [5.41, 5.74) is 1.05. The van der Waals surface area contributed by atoms with Crippen molar-refractivity contribution in [2.75, 3.05) is 28.6 Å². The zero-order chi connectivity index (χ0) is 22.0. The highest BCUT2D eigenvalue weighted by Crippen LogP contribution is 2.34. The molecule has 2 aromatic heterocycles. The van der Waals surface area contributed by atoms with E-state index in [0.29, 0.717) is 52.4 Å². The largest absolute Gasteiger partial charge is 0.416 e. The molecule has 4 rings (SSSR count). The number of carbonyl (C=O) groups excluding carboxylic acids is 1. The summed E-state index contributed by atoms with van der Waals surface area (Å²) in [4.78, 5) is 23.0. The molecule has 0 aliphatic carbocycles. The van der Waals surface area contributed by atoms with Crippen LogP contribution in [0.15, 0.2) is 59.3 Å². The van der Waals surface area contributed by atoms with Gasteiger partial charge in [-0.3, -0.25) is 9.88 Å². The van der Waals surface area contributed by atoms with E-state index in [1.807, 2.05) is 0 Å². The molecule has 10 heteroatoms. The monoisotopic (exact) mass is 491 g/mol. The van der Waals surface area contributed by atoms with Crippen molar-refractivity contribution in [1.29, 1.82) is 0 Å². The van der Waals surface area contributed by atoms with Gasteiger partial charge < -0.3 is 10.6 Å². The Bertz CT molecular complexity index is 1120. The summed E-state index contributed by atoms with van der Waals surface area (Å²) in [6.45, 7) is 1.03. The van der Waals surface area contributed by atoms with Crippen molar-refractivity contribution in [2.45, 2.75) is 12.6 Å². The number of pyridine rings is 2. The molecule has 1 aliphatic heterocycles. The molecule has 0 radical (unpaired) electrons. The third kappa shape index (κ3) is 4.79. The first-order valence-corrected chi connectivity index (χ1v) is 10.2. The van der Waals surface area contributed by atoms with E-state index >= 15 is 0 Å². The molecule has 6 nitrogen and oxygen atoms in total. The molecule has 0 atom stereocenters. The molecule has 3 aromatic rings. The molecule has 1 aliphatic rings. The van der Waals surface area contributed by atoms with Crippen molar-refractivity contribution >= 4 is 39.2 Å². The fourth-order valence-corrected chi connectivity index (χ4v) is 3.61. The van der Waals surface area contributed by atoms with Gasteiger partial charge in [0.05, 0.1) is 28.8 Å². The van der Waals surface area contributed by atoms with Crippen LogP contribution < -0.4 is 15.5 Å². The second-order valence-electron chi connectivity index (χ2n) is 6.90. The van der Waals surface area contributed by atoms with E-state index in [2.05, 4.69) is 36.5 Å². The highest BCUT2D eigenvalue weighted by molar-refractivity contribution is 9.10. The van der Waals surface area contributed by atoms with Crippen LogP contribution in [0.1, 0.15) is 12.0 Å². The first-order chi connectivity index (χ1) is 14.8. The van der Waals surface area contributed by atoms with Crippen LogP contribution in [0.25, 0.3) is 11.3 Å². The number of benzene rings is 1. The lowest BCUT2D eigenvalue weighted by atomic mass is 10.1. The number of halogens is 4. The van der Waals surface area contributed by atoms with Crippen molar-refractivity contribution in [2.24, 2.45) is 0 Å². The van der Waals surface area contributed by atoms with Gasteiger partial charge in [-0.05, 0) is 52.7 Å². The summed E-state index contributed by atoms with van der Waals surface area (Å²) >= 11 is 3.31. The number of nitrogens with zero attached hydrogens (tertiary/aromatic N) is 3. The van der Waals surface area contributed by atoms with Crippen molar-refractivity contribution in [3.8, 4) is 11.3 Å². The Morgan fingerprint density at radius 2 is 2.00 bits per heavy atom. The fourth-order valence-electron chi connectivity index (χ4n) is 3.24. The van der Waals surface area contributed by atoms with Gasteiger partial charge in [0.2, 0.25) is 0 Å². The maximum Gasteiger partial charge on any atom is 0.416 e. The number of carbonyl (C=O) groups is 1. The van der Waals surface area contributed by atoms with E-state index in [0.717, 1.165) is 12.1 Å². The Labute approximate surface area is 184 Å². The third-order valence-corrected chi connectivity index (χ3v) is 5.13. The van der Waals surface area contributed by atoms with Crippen LogP contribution in [0, 0.1) is 0 Å². The number of rotatable bonds is 2. The molecule has 2 amide bonds. The van der Waals surface area contributed by atoms with E-state index in [4.69, 9.17) is 0 Å². The minimum absolute atomic E-state index is 0.318. The number of aromatic nitrogens is 2. The predicted octanol–water partition coefficient (Wildman–Crippen LogP) is 5.78. The van der Waals surface area contributed by atoms with Gasteiger partial charge in [0.1, 0.15) is 0 Å². The lowest BCUT2D eigenvalue weighted by Crippen LogP contribution is -2.36. The minimum atomic E-state index is -4.45. The lowest BCUT2D eigenvalue weighted by molar-refractivity contribution is -0.137. The van der Waals surface area contributed by atoms with Crippen LogP contribution in [0.5, 0.6) is 0 Å². The summed E-state index contributed by atoms with van der Waals surface area (Å²) in [6.07, 6.45) is -0.650. The zero-order valence-electron chi connectivity index (χ0n) is 16.1. The lowest BCUT2D eigenvalue weighted by Gasteiger charge is -2.22. The van der Waals surface area contributed by atoms with Gasteiger partial charge in [0.25, 0.3) is 0 Å². The van der Waals surface area contributed by atoms with Crippen LogP contribution >= 0.6 is 15.9 Å². The Morgan fingerprint density at radius 1 is 1.16 bits per heavy atom. The predicted molar refractivity (Wildman–Crippen MR) is 116 cm³/mol. The molecule has 2 N–H and O–H groups in total. The van der Waals surface area contributed by atoms with E-state index in [1.165, 1.54) is 17.2 Å². The normalized spacial score (nSPS) is 13.7. The number of nitrogens with one attached hydrogen (secondary N) is 2. The molecule has 1 aromatic carbocycles. The minimum Gasteiger partial charge on any atom is -0.382 e. The van der Waals surface area contributed by atoms with Gasteiger partial charge in [-0.15, -0.1) is 0 Å². The summed E-state index contributed by atoms with van der Waals surface area (Å²) < 4.78 is 40.1. The third-order valence-electron chi connectivity index (χ3n) is 4.69. The second-order valence-corrected chi connectivity index (χ2v) is 7.82. The van der Waals surface area contributed by atoms with Crippen molar-refractivity contribution in [3.05, 3.63) is 64.9 Å². The Kier molecular flexibility index (Phi) is 5.81. The average molecular weight is 492 g/mol. The number of anilines is 3. The van der Waals surface area contributed by atoms with Crippen LogP contribution in [0.2, 0.25) is 0 Å². The Balaban J connectivity index is 1.69. The molecule has 3 heterocycles. The van der Waals surface area contributed by atoms with E-state index < -0.39 is 17.8 Å². The van der Waals surface area contributed by atoms with Crippen LogP contribution in [-0.4, -0.2) is 29.1 Å². The molecule has 0 saturated heterocycles. The quantitative estimate of drug-likeness (QED) is 0.476. The molecule has 0 unspecified atom stereocenters. The van der Waals surface area contributed by atoms with Crippen LogP contribution in [0.3, 0.4) is 0 Å². The summed E-state index contributed by atoms with van der Waals surface area (Å²) in [7, 11) is 0. The number of hydrogen-bond donors (Lipinski definition) is 2. The van der Waals surface area contributed by atoms with Crippen LogP contribution in [-0.2, 0) is 6.18 Å². The van der Waals surface area contributed by atoms with E-state index in [1.54, 1.807) is 30.5 Å². The summed E-state index contributed by atoms with van der Waals surface area (Å²) in [6, 6.07) is 9.65. The fraction of sp³-hybridized carbons (Fsp3) is 0.190. The number of urea groups is 1. The number of hydrogen-bond acceptors (Lipinski definition) is 4. The highest BCUT2D eigenvalue weighted by atomic mass is 79.9. The Hall–Kier alpha value is -3.14. The molecule has 31 heavy (non-hydrogen) atoms. The standard InChI is InChI=1S/C21H17BrF3N5O/c22-15-10-16(12-26-11-15)28-20(31)30-8-2-7-27-18-6-5-17(29-19(18)30)13-3-1-4-14(9-13)21(23,24)25/h1,3-6,9-12,27H,2,7-8H2,(H,28,31). The van der Waals surface area contributed by atoms with Gasteiger partial charge >= 0.3 is 12.2 Å². The van der Waals surface area contributed by atoms with E-state index in [9.17, 15) is 18.0 Å². The SMILES string of the molecule is O=C(Nc1cncc(Br)c1)N1CCCNc2ccc(-c3cccc(C(F)(F)F)c3)nc21.